The van der Waals surface area contributed by atoms with Crippen molar-refractivity contribution in [2.75, 3.05) is 0 Å². The van der Waals surface area contributed by atoms with Crippen molar-refractivity contribution in [3.63, 3.8) is 0 Å². The molecular formula is C11H8BrF5O3. The number of alkyl halides is 6. The van der Waals surface area contributed by atoms with Crippen molar-refractivity contribution in [3.05, 3.63) is 23.8 Å². The molecule has 1 unspecified atom stereocenters. The number of benzene rings is 1. The van der Waals surface area contributed by atoms with E-state index in [1.165, 1.54) is 6.92 Å². The van der Waals surface area contributed by atoms with Crippen LogP contribution in [0.3, 0.4) is 0 Å². The highest BCUT2D eigenvalue weighted by Gasteiger charge is 2.34. The Hall–Kier alpha value is -1.38. The van der Waals surface area contributed by atoms with E-state index in [4.69, 9.17) is 0 Å². The predicted octanol–water partition coefficient (Wildman–Crippen LogP) is 4.15. The van der Waals surface area contributed by atoms with Gasteiger partial charge in [0, 0.05) is 0 Å². The first-order chi connectivity index (χ1) is 9.11. The normalized spacial score (nSPS) is 13.2. The molecule has 0 fully saturated rings. The summed E-state index contributed by atoms with van der Waals surface area (Å²) in [7, 11) is 0. The summed E-state index contributed by atoms with van der Waals surface area (Å²) in [5.41, 5.74) is -0.434. The fourth-order valence-corrected chi connectivity index (χ4v) is 1.59. The number of hydrogen-bond donors (Lipinski definition) is 0. The first-order valence-corrected chi connectivity index (χ1v) is 6.05. The molecule has 3 nitrogen and oxygen atoms in total. The minimum atomic E-state index is -5.10. The summed E-state index contributed by atoms with van der Waals surface area (Å²) in [5.74, 6) is -2.67. The topological polar surface area (TPSA) is 35.5 Å². The first-order valence-electron chi connectivity index (χ1n) is 5.13. The van der Waals surface area contributed by atoms with E-state index < -0.39 is 40.6 Å². The Kier molecular flexibility index (Phi) is 5.32. The predicted molar refractivity (Wildman–Crippen MR) is 62.5 cm³/mol. The fourth-order valence-electron chi connectivity index (χ4n) is 1.34. The number of Topliss-reactive ketones (excluding diaryl/α,β-unsaturated/α-hetero) is 1. The minimum absolute atomic E-state index is 0.434. The summed E-state index contributed by atoms with van der Waals surface area (Å²) in [5, 5.41) is 0. The van der Waals surface area contributed by atoms with Crippen molar-refractivity contribution in [3.8, 4) is 11.5 Å². The molecule has 0 aliphatic rings. The summed E-state index contributed by atoms with van der Waals surface area (Å²) in [6.45, 7) is -2.00. The third-order valence-electron chi connectivity index (χ3n) is 2.04. The molecule has 1 atom stereocenters. The van der Waals surface area contributed by atoms with Crippen LogP contribution in [0, 0.1) is 0 Å². The summed E-state index contributed by atoms with van der Waals surface area (Å²) >= 11 is 2.91. The van der Waals surface area contributed by atoms with Gasteiger partial charge in [-0.25, -0.2) is 0 Å². The number of halogens is 6. The van der Waals surface area contributed by atoms with Crippen LogP contribution < -0.4 is 9.47 Å². The second-order valence-electron chi connectivity index (χ2n) is 3.54. The van der Waals surface area contributed by atoms with Crippen molar-refractivity contribution in [2.24, 2.45) is 0 Å². The molecule has 1 aromatic rings. The minimum Gasteiger partial charge on any atom is -0.430 e. The number of carbonyl (C=O) groups is 1. The zero-order valence-electron chi connectivity index (χ0n) is 9.88. The lowest BCUT2D eigenvalue weighted by Gasteiger charge is -2.16. The highest BCUT2D eigenvalue weighted by Crippen LogP contribution is 2.37. The summed E-state index contributed by atoms with van der Waals surface area (Å²) in [6, 6.07) is 2.92. The van der Waals surface area contributed by atoms with Gasteiger partial charge in [0.1, 0.15) is 0 Å². The van der Waals surface area contributed by atoms with Crippen molar-refractivity contribution < 1.29 is 36.2 Å². The van der Waals surface area contributed by atoms with Gasteiger partial charge in [-0.2, -0.15) is 8.78 Å². The van der Waals surface area contributed by atoms with Crippen LogP contribution in [0.25, 0.3) is 0 Å². The lowest BCUT2D eigenvalue weighted by molar-refractivity contribution is -0.275. The Morgan fingerprint density at radius 3 is 2.35 bits per heavy atom. The van der Waals surface area contributed by atoms with E-state index in [9.17, 15) is 26.7 Å². The largest absolute Gasteiger partial charge is 0.573 e. The average molecular weight is 363 g/mol. The SMILES string of the molecule is CC(Br)C(=O)c1cccc(OC(F)(F)F)c1OC(F)F. The van der Waals surface area contributed by atoms with E-state index in [0.717, 1.165) is 18.2 Å². The van der Waals surface area contributed by atoms with Crippen molar-refractivity contribution in [2.45, 2.75) is 24.7 Å². The molecule has 0 saturated heterocycles. The van der Waals surface area contributed by atoms with Crippen LogP contribution in [0.2, 0.25) is 0 Å². The second kappa shape index (κ2) is 6.38. The van der Waals surface area contributed by atoms with E-state index in [0.29, 0.717) is 0 Å². The van der Waals surface area contributed by atoms with Gasteiger partial charge < -0.3 is 9.47 Å². The molecular weight excluding hydrogens is 355 g/mol. The van der Waals surface area contributed by atoms with Gasteiger partial charge in [0.2, 0.25) is 0 Å². The van der Waals surface area contributed by atoms with E-state index in [-0.39, 0.29) is 0 Å². The van der Waals surface area contributed by atoms with E-state index in [2.05, 4.69) is 25.4 Å². The number of ether oxygens (including phenoxy) is 2. The van der Waals surface area contributed by atoms with Gasteiger partial charge in [-0.3, -0.25) is 4.79 Å². The number of ketones is 1. The molecule has 0 aliphatic heterocycles. The van der Waals surface area contributed by atoms with Crippen LogP contribution in [-0.4, -0.2) is 23.6 Å². The first kappa shape index (κ1) is 16.7. The summed E-state index contributed by atoms with van der Waals surface area (Å²) < 4.78 is 68.7. The van der Waals surface area contributed by atoms with Gasteiger partial charge in [0.05, 0.1) is 10.4 Å². The van der Waals surface area contributed by atoms with Crippen LogP contribution in [-0.2, 0) is 0 Å². The molecule has 20 heavy (non-hydrogen) atoms. The van der Waals surface area contributed by atoms with Crippen LogP contribution in [0.4, 0.5) is 22.0 Å². The smallest absolute Gasteiger partial charge is 0.430 e. The molecule has 0 radical (unpaired) electrons. The molecule has 9 heteroatoms. The maximum Gasteiger partial charge on any atom is 0.573 e. The van der Waals surface area contributed by atoms with Crippen LogP contribution >= 0.6 is 15.9 Å². The molecule has 1 rings (SSSR count). The highest BCUT2D eigenvalue weighted by atomic mass is 79.9. The third-order valence-corrected chi connectivity index (χ3v) is 2.45. The zero-order chi connectivity index (χ0) is 15.5. The molecule has 0 spiro atoms. The molecule has 0 heterocycles. The Bertz CT molecular complexity index is 487. The molecule has 1 aromatic carbocycles. The van der Waals surface area contributed by atoms with E-state index in [1.54, 1.807) is 0 Å². The molecule has 0 aliphatic carbocycles. The zero-order valence-corrected chi connectivity index (χ0v) is 11.5. The number of para-hydroxylation sites is 1. The van der Waals surface area contributed by atoms with Crippen LogP contribution in [0.15, 0.2) is 18.2 Å². The number of hydrogen-bond acceptors (Lipinski definition) is 3. The maximum atomic E-state index is 12.3. The van der Waals surface area contributed by atoms with Gasteiger partial charge in [0.15, 0.2) is 17.3 Å². The summed E-state index contributed by atoms with van der Waals surface area (Å²) in [4.78, 5) is 11.0. The Morgan fingerprint density at radius 1 is 1.30 bits per heavy atom. The maximum absolute atomic E-state index is 12.3. The van der Waals surface area contributed by atoms with Crippen molar-refractivity contribution in [1.29, 1.82) is 0 Å². The van der Waals surface area contributed by atoms with Crippen LogP contribution in [0.1, 0.15) is 17.3 Å². The Labute approximate surface area is 118 Å². The molecule has 0 aromatic heterocycles. The van der Waals surface area contributed by atoms with Gasteiger partial charge >= 0.3 is 13.0 Å². The fraction of sp³-hybridized carbons (Fsp3) is 0.364. The van der Waals surface area contributed by atoms with Gasteiger partial charge in [-0.15, -0.1) is 13.2 Å². The van der Waals surface area contributed by atoms with Crippen molar-refractivity contribution in [1.82, 2.24) is 0 Å². The third kappa shape index (κ3) is 4.62. The highest BCUT2D eigenvalue weighted by molar-refractivity contribution is 9.10. The van der Waals surface area contributed by atoms with Gasteiger partial charge in [0.25, 0.3) is 0 Å². The lowest BCUT2D eigenvalue weighted by atomic mass is 10.1. The monoisotopic (exact) mass is 362 g/mol. The van der Waals surface area contributed by atoms with Gasteiger partial charge in [-0.1, -0.05) is 22.0 Å². The average Bonchev–Trinajstić information content (AvgIpc) is 2.27. The molecule has 0 bridgehead atoms. The summed E-state index contributed by atoms with van der Waals surface area (Å²) in [6.07, 6.45) is -5.10. The van der Waals surface area contributed by atoms with E-state index >= 15 is 0 Å². The van der Waals surface area contributed by atoms with Crippen molar-refractivity contribution >= 4 is 21.7 Å². The molecule has 0 saturated carbocycles. The number of rotatable bonds is 5. The standard InChI is InChI=1S/C11H8BrF5O3/c1-5(12)8(18)6-3-2-4-7(20-11(15,16)17)9(6)19-10(13)14/h2-5,10H,1H3. The van der Waals surface area contributed by atoms with E-state index in [1.807, 2.05) is 0 Å². The van der Waals surface area contributed by atoms with Crippen LogP contribution in [0.5, 0.6) is 11.5 Å². The lowest BCUT2D eigenvalue weighted by Crippen LogP contribution is -2.20. The molecule has 0 N–H and O–H groups in total. The van der Waals surface area contributed by atoms with Gasteiger partial charge in [-0.05, 0) is 19.1 Å². The second-order valence-corrected chi connectivity index (χ2v) is 4.91. The molecule has 112 valence electrons. The number of carbonyl (C=O) groups excluding carboxylic acids is 1. The Balaban J connectivity index is 3.30. The Morgan fingerprint density at radius 2 is 1.90 bits per heavy atom. The molecule has 0 amide bonds. The quantitative estimate of drug-likeness (QED) is 0.448.